The first-order chi connectivity index (χ1) is 12.3. The van der Waals surface area contributed by atoms with Crippen molar-refractivity contribution in [1.29, 1.82) is 0 Å². The average molecular weight is 494 g/mol. The van der Waals surface area contributed by atoms with Crippen LogP contribution in [0.2, 0.25) is 0 Å². The first kappa shape index (κ1) is 21.8. The van der Waals surface area contributed by atoms with Crippen LogP contribution >= 0.6 is 35.3 Å². The zero-order valence-corrected chi connectivity index (χ0v) is 18.9. The van der Waals surface area contributed by atoms with Gasteiger partial charge in [-0.15, -0.1) is 35.3 Å². The second kappa shape index (κ2) is 11.4. The molecule has 2 aliphatic rings. The van der Waals surface area contributed by atoms with E-state index in [1.165, 1.54) is 11.3 Å². The lowest BCUT2D eigenvalue weighted by Crippen LogP contribution is -2.47. The number of nitrogens with one attached hydrogen (secondary N) is 1. The van der Waals surface area contributed by atoms with Crippen LogP contribution in [0.5, 0.6) is 0 Å². The van der Waals surface area contributed by atoms with Gasteiger partial charge >= 0.3 is 0 Å². The van der Waals surface area contributed by atoms with Gasteiger partial charge in [-0.3, -0.25) is 4.99 Å². The van der Waals surface area contributed by atoms with E-state index in [4.69, 9.17) is 9.47 Å². The van der Waals surface area contributed by atoms with Crippen molar-refractivity contribution in [1.82, 2.24) is 15.2 Å². The number of nitrogens with zero attached hydrogens (tertiary/aromatic N) is 3. The Morgan fingerprint density at radius 3 is 2.85 bits per heavy atom. The van der Waals surface area contributed by atoms with Crippen molar-refractivity contribution in [3.05, 3.63) is 16.1 Å². The Bertz CT molecular complexity index is 555. The van der Waals surface area contributed by atoms with E-state index in [9.17, 15) is 0 Å². The van der Waals surface area contributed by atoms with Crippen molar-refractivity contribution in [2.24, 2.45) is 4.99 Å². The van der Waals surface area contributed by atoms with Gasteiger partial charge in [-0.2, -0.15) is 0 Å². The molecule has 0 amide bonds. The number of hydrogen-bond donors (Lipinski definition) is 1. The number of aromatic nitrogens is 1. The molecule has 8 heteroatoms. The molecule has 0 aromatic carbocycles. The van der Waals surface area contributed by atoms with Gasteiger partial charge in [-0.1, -0.05) is 6.92 Å². The van der Waals surface area contributed by atoms with Gasteiger partial charge in [0.15, 0.2) is 5.96 Å². The highest BCUT2D eigenvalue weighted by molar-refractivity contribution is 14.0. The van der Waals surface area contributed by atoms with Gasteiger partial charge in [0.2, 0.25) is 0 Å². The van der Waals surface area contributed by atoms with Gasteiger partial charge in [0.25, 0.3) is 0 Å². The predicted molar refractivity (Wildman–Crippen MR) is 117 cm³/mol. The SMILES string of the molecule is CCc1cnc(CNC(=NC)N2CCC(OCC3CCCO3)CC2)s1.I. The van der Waals surface area contributed by atoms with E-state index in [1.54, 1.807) is 11.3 Å². The normalized spacial score (nSPS) is 21.7. The number of thiazole rings is 1. The molecule has 3 heterocycles. The molecule has 6 nitrogen and oxygen atoms in total. The van der Waals surface area contributed by atoms with E-state index in [2.05, 4.69) is 27.1 Å². The van der Waals surface area contributed by atoms with Gasteiger partial charge in [-0.25, -0.2) is 4.98 Å². The molecule has 1 unspecified atom stereocenters. The number of guanidine groups is 1. The van der Waals surface area contributed by atoms with Crippen LogP contribution in [0.4, 0.5) is 0 Å². The minimum atomic E-state index is 0. The minimum Gasteiger partial charge on any atom is -0.376 e. The molecular formula is C18H31IN4O2S. The van der Waals surface area contributed by atoms with E-state index < -0.39 is 0 Å². The van der Waals surface area contributed by atoms with Gasteiger partial charge in [0.1, 0.15) is 5.01 Å². The highest BCUT2D eigenvalue weighted by Gasteiger charge is 2.24. The quantitative estimate of drug-likeness (QED) is 0.374. The molecule has 26 heavy (non-hydrogen) atoms. The molecule has 0 aliphatic carbocycles. The molecule has 0 radical (unpaired) electrons. The summed E-state index contributed by atoms with van der Waals surface area (Å²) in [6.45, 7) is 6.51. The Labute approximate surface area is 177 Å². The van der Waals surface area contributed by atoms with Crippen LogP contribution in [0.15, 0.2) is 11.2 Å². The summed E-state index contributed by atoms with van der Waals surface area (Å²) in [5, 5.41) is 4.57. The maximum Gasteiger partial charge on any atom is 0.193 e. The minimum absolute atomic E-state index is 0. The van der Waals surface area contributed by atoms with Crippen molar-refractivity contribution in [2.45, 2.75) is 57.8 Å². The molecule has 1 aromatic rings. The number of likely N-dealkylation sites (tertiary alicyclic amines) is 1. The number of piperidine rings is 1. The molecule has 2 fully saturated rings. The third kappa shape index (κ3) is 6.31. The second-order valence-electron chi connectivity index (χ2n) is 6.63. The van der Waals surface area contributed by atoms with Crippen LogP contribution in [0.1, 0.15) is 42.5 Å². The van der Waals surface area contributed by atoms with Crippen LogP contribution in [0.3, 0.4) is 0 Å². The predicted octanol–water partition coefficient (Wildman–Crippen LogP) is 3.06. The summed E-state index contributed by atoms with van der Waals surface area (Å²) in [5.41, 5.74) is 0. The molecule has 1 atom stereocenters. The molecule has 2 aliphatic heterocycles. The van der Waals surface area contributed by atoms with Crippen molar-refractivity contribution >= 4 is 41.3 Å². The number of rotatable bonds is 6. The summed E-state index contributed by atoms with van der Waals surface area (Å²) < 4.78 is 11.7. The van der Waals surface area contributed by atoms with Crippen molar-refractivity contribution < 1.29 is 9.47 Å². The van der Waals surface area contributed by atoms with Gasteiger partial charge < -0.3 is 19.7 Å². The number of ether oxygens (including phenoxy) is 2. The van der Waals surface area contributed by atoms with Crippen molar-refractivity contribution in [2.75, 3.05) is 33.4 Å². The highest BCUT2D eigenvalue weighted by Crippen LogP contribution is 2.18. The Morgan fingerprint density at radius 2 is 2.23 bits per heavy atom. The Hall–Kier alpha value is -0.450. The third-order valence-corrected chi connectivity index (χ3v) is 5.98. The zero-order valence-electron chi connectivity index (χ0n) is 15.8. The Kier molecular flexibility index (Phi) is 9.58. The maximum absolute atomic E-state index is 6.05. The smallest absolute Gasteiger partial charge is 0.193 e. The summed E-state index contributed by atoms with van der Waals surface area (Å²) in [5.74, 6) is 0.964. The molecule has 0 bridgehead atoms. The molecule has 0 saturated carbocycles. The van der Waals surface area contributed by atoms with Crippen LogP contribution in [0.25, 0.3) is 0 Å². The fourth-order valence-corrected chi connectivity index (χ4v) is 4.14. The number of hydrogen-bond acceptors (Lipinski definition) is 5. The summed E-state index contributed by atoms with van der Waals surface area (Å²) >= 11 is 1.77. The molecule has 0 spiro atoms. The molecule has 1 N–H and O–H groups in total. The van der Waals surface area contributed by atoms with E-state index in [0.29, 0.717) is 12.2 Å². The van der Waals surface area contributed by atoms with Crippen LogP contribution in [-0.2, 0) is 22.4 Å². The van der Waals surface area contributed by atoms with E-state index in [1.807, 2.05) is 13.2 Å². The summed E-state index contributed by atoms with van der Waals surface area (Å²) in [4.78, 5) is 12.5. The average Bonchev–Trinajstić information content (AvgIpc) is 3.33. The number of aliphatic imine (C=N–C) groups is 1. The van der Waals surface area contributed by atoms with Crippen LogP contribution < -0.4 is 5.32 Å². The van der Waals surface area contributed by atoms with E-state index in [0.717, 1.165) is 69.5 Å². The summed E-state index contributed by atoms with van der Waals surface area (Å²) in [6, 6.07) is 0. The standard InChI is InChI=1S/C18H30N4O2S.HI/c1-3-16-11-20-17(25-16)12-21-18(19-2)22-8-6-14(7-9-22)24-13-15-5-4-10-23-15;/h11,14-15H,3-10,12-13H2,1-2H3,(H,19,21);1H. The first-order valence-electron chi connectivity index (χ1n) is 9.41. The fourth-order valence-electron chi connectivity index (χ4n) is 3.33. The van der Waals surface area contributed by atoms with Gasteiger partial charge in [-0.05, 0) is 32.1 Å². The first-order valence-corrected chi connectivity index (χ1v) is 10.2. The van der Waals surface area contributed by atoms with E-state index in [-0.39, 0.29) is 24.0 Å². The fraction of sp³-hybridized carbons (Fsp3) is 0.778. The van der Waals surface area contributed by atoms with Crippen molar-refractivity contribution in [3.63, 3.8) is 0 Å². The van der Waals surface area contributed by atoms with Gasteiger partial charge in [0, 0.05) is 37.8 Å². The molecule has 1 aromatic heterocycles. The Balaban J connectivity index is 0.00000243. The summed E-state index contributed by atoms with van der Waals surface area (Å²) in [7, 11) is 1.85. The number of aryl methyl sites for hydroxylation is 1. The van der Waals surface area contributed by atoms with Crippen LogP contribution in [-0.4, -0.2) is 61.4 Å². The molecule has 3 rings (SSSR count). The highest BCUT2D eigenvalue weighted by atomic mass is 127. The van der Waals surface area contributed by atoms with Crippen LogP contribution in [0, 0.1) is 0 Å². The van der Waals surface area contributed by atoms with E-state index >= 15 is 0 Å². The molecule has 148 valence electrons. The van der Waals surface area contributed by atoms with Gasteiger partial charge in [0.05, 0.1) is 25.4 Å². The molecule has 2 saturated heterocycles. The second-order valence-corrected chi connectivity index (χ2v) is 7.83. The topological polar surface area (TPSA) is 59.0 Å². The maximum atomic E-state index is 6.05. The lowest BCUT2D eigenvalue weighted by molar-refractivity contribution is -0.0367. The number of halogens is 1. The zero-order chi connectivity index (χ0) is 17.5. The lowest BCUT2D eigenvalue weighted by atomic mass is 10.1. The van der Waals surface area contributed by atoms with Crippen molar-refractivity contribution in [3.8, 4) is 0 Å². The third-order valence-electron chi connectivity index (χ3n) is 4.84. The largest absolute Gasteiger partial charge is 0.376 e. The molecular weight excluding hydrogens is 463 g/mol. The monoisotopic (exact) mass is 494 g/mol. The lowest BCUT2D eigenvalue weighted by Gasteiger charge is -2.34. The Morgan fingerprint density at radius 1 is 1.42 bits per heavy atom. The summed E-state index contributed by atoms with van der Waals surface area (Å²) in [6.07, 6.45) is 8.10.